The highest BCUT2D eigenvalue weighted by Gasteiger charge is 2.18. The average Bonchev–Trinajstić information content (AvgIpc) is 2.78. The molecular formula is C11H15NO3S2. The summed E-state index contributed by atoms with van der Waals surface area (Å²) in [6.45, 7) is 1.89. The number of hydrogen-bond donors (Lipinski definition) is 2. The van der Waals surface area contributed by atoms with Crippen LogP contribution < -0.4 is 5.32 Å². The van der Waals surface area contributed by atoms with Crippen molar-refractivity contribution in [2.24, 2.45) is 0 Å². The summed E-state index contributed by atoms with van der Waals surface area (Å²) in [6, 6.07) is 3.09. The second kappa shape index (κ2) is 7.34. The summed E-state index contributed by atoms with van der Waals surface area (Å²) in [6.07, 6.45) is 1.19. The number of thioether (sulfide) groups is 1. The summed E-state index contributed by atoms with van der Waals surface area (Å²) in [5.74, 6) is -0.945. The lowest BCUT2D eigenvalue weighted by Crippen LogP contribution is -2.41. The number of amides is 1. The molecule has 0 bridgehead atoms. The molecule has 0 aliphatic carbocycles. The van der Waals surface area contributed by atoms with Crippen molar-refractivity contribution in [2.45, 2.75) is 30.0 Å². The minimum atomic E-state index is -0.971. The zero-order valence-corrected chi connectivity index (χ0v) is 11.1. The topological polar surface area (TPSA) is 66.4 Å². The molecule has 6 heteroatoms. The van der Waals surface area contributed by atoms with E-state index < -0.39 is 12.0 Å². The van der Waals surface area contributed by atoms with Crippen LogP contribution in [0.2, 0.25) is 0 Å². The van der Waals surface area contributed by atoms with Gasteiger partial charge in [-0.25, -0.2) is 4.79 Å². The maximum absolute atomic E-state index is 11.5. The first-order valence-corrected chi connectivity index (χ1v) is 7.18. The fourth-order valence-corrected chi connectivity index (χ4v) is 2.86. The molecule has 4 nitrogen and oxygen atoms in total. The van der Waals surface area contributed by atoms with Crippen LogP contribution >= 0.6 is 23.1 Å². The van der Waals surface area contributed by atoms with Crippen LogP contribution in [0.1, 0.15) is 19.8 Å². The Morgan fingerprint density at radius 2 is 2.35 bits per heavy atom. The second-order valence-corrected chi connectivity index (χ2v) is 5.69. The quantitative estimate of drug-likeness (QED) is 0.748. The van der Waals surface area contributed by atoms with Gasteiger partial charge in [0.15, 0.2) is 0 Å². The maximum Gasteiger partial charge on any atom is 0.326 e. The Kier molecular flexibility index (Phi) is 6.07. The average molecular weight is 273 g/mol. The van der Waals surface area contributed by atoms with Crippen molar-refractivity contribution in [3.63, 3.8) is 0 Å². The third kappa shape index (κ3) is 5.23. The van der Waals surface area contributed by atoms with Crippen LogP contribution in [-0.4, -0.2) is 28.8 Å². The van der Waals surface area contributed by atoms with Gasteiger partial charge in [0, 0.05) is 0 Å². The zero-order valence-electron chi connectivity index (χ0n) is 9.51. The fraction of sp³-hybridized carbons (Fsp3) is 0.455. The van der Waals surface area contributed by atoms with E-state index in [0.29, 0.717) is 6.42 Å². The number of aliphatic carboxylic acids is 1. The van der Waals surface area contributed by atoms with Crippen molar-refractivity contribution in [3.05, 3.63) is 17.5 Å². The van der Waals surface area contributed by atoms with Crippen LogP contribution in [0.5, 0.6) is 0 Å². The van der Waals surface area contributed by atoms with Crippen molar-refractivity contribution in [1.29, 1.82) is 0 Å². The molecule has 1 aromatic rings. The highest BCUT2D eigenvalue weighted by Crippen LogP contribution is 2.22. The van der Waals surface area contributed by atoms with Gasteiger partial charge in [0.25, 0.3) is 0 Å². The molecule has 0 aromatic carbocycles. The summed E-state index contributed by atoms with van der Waals surface area (Å²) in [5.41, 5.74) is 0. The van der Waals surface area contributed by atoms with E-state index in [9.17, 15) is 9.59 Å². The van der Waals surface area contributed by atoms with Gasteiger partial charge >= 0.3 is 5.97 Å². The van der Waals surface area contributed by atoms with Gasteiger partial charge in [-0.3, -0.25) is 4.79 Å². The highest BCUT2D eigenvalue weighted by atomic mass is 32.2. The monoisotopic (exact) mass is 273 g/mol. The molecule has 1 heterocycles. The summed E-state index contributed by atoms with van der Waals surface area (Å²) >= 11 is 2.99. The molecule has 0 unspecified atom stereocenters. The van der Waals surface area contributed by atoms with E-state index in [2.05, 4.69) is 5.32 Å². The number of nitrogens with one attached hydrogen (secondary N) is 1. The molecule has 1 atom stereocenters. The number of carbonyl (C=O) groups is 2. The molecule has 17 heavy (non-hydrogen) atoms. The molecule has 1 rings (SSSR count). The van der Waals surface area contributed by atoms with Crippen LogP contribution in [0.4, 0.5) is 0 Å². The summed E-state index contributed by atoms with van der Waals surface area (Å²) < 4.78 is 1.06. The summed E-state index contributed by atoms with van der Waals surface area (Å²) in [5, 5.41) is 13.4. The minimum absolute atomic E-state index is 0.232. The predicted molar refractivity (Wildman–Crippen MR) is 69.5 cm³/mol. The summed E-state index contributed by atoms with van der Waals surface area (Å²) in [4.78, 5) is 22.4. The van der Waals surface area contributed by atoms with Crippen LogP contribution in [0, 0.1) is 0 Å². The Hall–Kier alpha value is -1.01. The normalized spacial score (nSPS) is 12.1. The molecule has 0 radical (unpaired) electrons. The van der Waals surface area contributed by atoms with Crippen LogP contribution in [0.25, 0.3) is 0 Å². The van der Waals surface area contributed by atoms with E-state index in [1.807, 2.05) is 24.4 Å². The fourth-order valence-electron chi connectivity index (χ4n) is 1.26. The molecule has 0 spiro atoms. The van der Waals surface area contributed by atoms with E-state index >= 15 is 0 Å². The van der Waals surface area contributed by atoms with Crippen molar-refractivity contribution in [2.75, 3.05) is 5.75 Å². The molecule has 0 aliphatic rings. The SMILES string of the molecule is CCC[C@@H](NC(=O)CSc1cccs1)C(=O)O. The van der Waals surface area contributed by atoms with Gasteiger partial charge in [0.05, 0.1) is 9.96 Å². The Labute approximate surface area is 108 Å². The van der Waals surface area contributed by atoms with E-state index in [1.54, 1.807) is 11.3 Å². The van der Waals surface area contributed by atoms with Gasteiger partial charge in [-0.1, -0.05) is 19.4 Å². The second-order valence-electron chi connectivity index (χ2n) is 3.47. The largest absolute Gasteiger partial charge is 0.480 e. The number of carbonyl (C=O) groups excluding carboxylic acids is 1. The van der Waals surface area contributed by atoms with Crippen LogP contribution in [0.3, 0.4) is 0 Å². The molecule has 1 amide bonds. The maximum atomic E-state index is 11.5. The lowest BCUT2D eigenvalue weighted by molar-refractivity contribution is -0.141. The first-order valence-electron chi connectivity index (χ1n) is 5.32. The van der Waals surface area contributed by atoms with Crippen molar-refractivity contribution < 1.29 is 14.7 Å². The first kappa shape index (κ1) is 14.1. The predicted octanol–water partition coefficient (Wildman–Crippen LogP) is 2.21. The van der Waals surface area contributed by atoms with Crippen LogP contribution in [0.15, 0.2) is 21.7 Å². The molecule has 0 fully saturated rings. The van der Waals surface area contributed by atoms with Crippen molar-refractivity contribution in [1.82, 2.24) is 5.32 Å². The van der Waals surface area contributed by atoms with Crippen molar-refractivity contribution in [3.8, 4) is 0 Å². The Bertz CT molecular complexity index is 365. The minimum Gasteiger partial charge on any atom is -0.480 e. The number of rotatable bonds is 7. The Morgan fingerprint density at radius 3 is 2.88 bits per heavy atom. The number of carboxylic acid groups (broad SMARTS) is 1. The van der Waals surface area contributed by atoms with Gasteiger partial charge in [-0.15, -0.1) is 23.1 Å². The lowest BCUT2D eigenvalue weighted by Gasteiger charge is -2.12. The van der Waals surface area contributed by atoms with Gasteiger partial charge in [0.1, 0.15) is 6.04 Å². The van der Waals surface area contributed by atoms with Gasteiger partial charge in [-0.05, 0) is 17.9 Å². The van der Waals surface area contributed by atoms with Gasteiger partial charge in [0.2, 0.25) is 5.91 Å². The molecule has 1 aromatic heterocycles. The smallest absolute Gasteiger partial charge is 0.326 e. The molecule has 94 valence electrons. The van der Waals surface area contributed by atoms with E-state index in [0.717, 1.165) is 10.6 Å². The van der Waals surface area contributed by atoms with Gasteiger partial charge < -0.3 is 10.4 Å². The standard InChI is InChI=1S/C11H15NO3S2/c1-2-4-8(11(14)15)12-9(13)7-17-10-5-3-6-16-10/h3,5-6,8H,2,4,7H2,1H3,(H,12,13)(H,14,15)/t8-/m1/s1. The molecule has 2 N–H and O–H groups in total. The van der Waals surface area contributed by atoms with E-state index in [-0.39, 0.29) is 11.7 Å². The summed E-state index contributed by atoms with van der Waals surface area (Å²) in [7, 11) is 0. The molecule has 0 saturated carbocycles. The number of thiophene rings is 1. The first-order chi connectivity index (χ1) is 8.13. The molecule has 0 aliphatic heterocycles. The molecule has 0 saturated heterocycles. The Morgan fingerprint density at radius 1 is 1.59 bits per heavy atom. The number of carboxylic acids is 1. The van der Waals surface area contributed by atoms with Crippen molar-refractivity contribution >= 4 is 35.0 Å². The van der Waals surface area contributed by atoms with E-state index in [1.165, 1.54) is 11.8 Å². The third-order valence-corrected chi connectivity index (χ3v) is 4.18. The third-order valence-electron chi connectivity index (χ3n) is 2.05. The lowest BCUT2D eigenvalue weighted by atomic mass is 10.2. The zero-order chi connectivity index (χ0) is 12.7. The van der Waals surface area contributed by atoms with Crippen LogP contribution in [-0.2, 0) is 9.59 Å². The molecular weight excluding hydrogens is 258 g/mol. The number of hydrogen-bond acceptors (Lipinski definition) is 4. The van der Waals surface area contributed by atoms with E-state index in [4.69, 9.17) is 5.11 Å². The Balaban J connectivity index is 2.34. The highest BCUT2D eigenvalue weighted by molar-refractivity contribution is 8.01. The van der Waals surface area contributed by atoms with Gasteiger partial charge in [-0.2, -0.15) is 0 Å².